The molecule has 0 amide bonds. The van der Waals surface area contributed by atoms with E-state index in [1.165, 1.54) is 44.9 Å². The summed E-state index contributed by atoms with van der Waals surface area (Å²) in [5.41, 5.74) is 3.46. The van der Waals surface area contributed by atoms with Crippen molar-refractivity contribution in [3.63, 3.8) is 0 Å². The van der Waals surface area contributed by atoms with Gasteiger partial charge in [0.2, 0.25) is 0 Å². The van der Waals surface area contributed by atoms with E-state index in [1.54, 1.807) is 25.7 Å². The van der Waals surface area contributed by atoms with E-state index < -0.39 is 0 Å². The standard InChI is InChI=1S/C46H80/c1-40(2,3)27-20-32-33(21-27)46(15,26-38(32)41(4,5)6)39-30-24-36-34(42(7,8)16-18-44(36,11)12)22-28(30)29-23-35-37(25-31(29)39)45(13,14)19-17-43(35,9)10/h27-39H,16-26H2,1-15H3/t27?,28?,29?,30?,31?,32?,33?,34?,35?,36?,37?,38-,39?,46?/m0/s1. The highest BCUT2D eigenvalue weighted by atomic mass is 14.7. The van der Waals surface area contributed by atoms with Crippen LogP contribution in [0.2, 0.25) is 0 Å². The molecule has 7 aliphatic carbocycles. The summed E-state index contributed by atoms with van der Waals surface area (Å²) in [6.45, 7) is 40.1. The first-order chi connectivity index (χ1) is 20.9. The summed E-state index contributed by atoms with van der Waals surface area (Å²) < 4.78 is 0. The van der Waals surface area contributed by atoms with Gasteiger partial charge in [-0.2, -0.15) is 0 Å². The number of hydrogen-bond donors (Lipinski definition) is 0. The van der Waals surface area contributed by atoms with Crippen LogP contribution in [0, 0.1) is 115 Å². The van der Waals surface area contributed by atoms with Crippen LogP contribution in [0.1, 0.15) is 174 Å². The largest absolute Gasteiger partial charge is 0.0599 e. The molecule has 7 fully saturated rings. The van der Waals surface area contributed by atoms with Crippen molar-refractivity contribution < 1.29 is 0 Å². The molecule has 0 spiro atoms. The molecular formula is C46H80. The zero-order valence-corrected chi connectivity index (χ0v) is 33.8. The van der Waals surface area contributed by atoms with E-state index in [4.69, 9.17) is 0 Å². The molecule has 7 rings (SSSR count). The number of fused-ring (bicyclic) bond motifs is 6. The van der Waals surface area contributed by atoms with Gasteiger partial charge in [0.15, 0.2) is 0 Å². The summed E-state index contributed by atoms with van der Waals surface area (Å²) in [4.78, 5) is 0. The molecule has 13 atom stereocenters. The maximum Gasteiger partial charge on any atom is -0.0258 e. The van der Waals surface area contributed by atoms with Crippen molar-refractivity contribution in [2.75, 3.05) is 0 Å². The summed E-state index contributed by atoms with van der Waals surface area (Å²) in [5.74, 6) is 12.4. The highest BCUT2D eigenvalue weighted by Crippen LogP contribution is 2.76. The van der Waals surface area contributed by atoms with E-state index in [0.29, 0.717) is 37.9 Å². The third kappa shape index (κ3) is 5.04. The van der Waals surface area contributed by atoms with Gasteiger partial charge in [0.25, 0.3) is 0 Å². The summed E-state index contributed by atoms with van der Waals surface area (Å²) >= 11 is 0. The van der Waals surface area contributed by atoms with E-state index >= 15 is 0 Å². The molecule has 7 aliphatic rings. The van der Waals surface area contributed by atoms with Gasteiger partial charge in [-0.25, -0.2) is 0 Å². The number of hydrogen-bond acceptors (Lipinski definition) is 0. The van der Waals surface area contributed by atoms with Crippen LogP contribution in [0.15, 0.2) is 0 Å². The fourth-order valence-corrected chi connectivity index (χ4v) is 16.2. The summed E-state index contributed by atoms with van der Waals surface area (Å²) in [5, 5.41) is 0. The monoisotopic (exact) mass is 633 g/mol. The van der Waals surface area contributed by atoms with Crippen molar-refractivity contribution in [3.05, 3.63) is 0 Å². The van der Waals surface area contributed by atoms with Crippen LogP contribution in [0.4, 0.5) is 0 Å². The SMILES string of the molecule is CC(C)(C)C1CC2C(C1)C(C)(C1C3CC4C(CC3C3CC5C(CC31)C(C)(C)CCC5(C)C)C(C)(C)CCC4(C)C)C[C@@H]2C(C)(C)C. The molecule has 0 saturated heterocycles. The smallest absolute Gasteiger partial charge is 0.0258 e. The molecule has 264 valence electrons. The van der Waals surface area contributed by atoms with Crippen LogP contribution in [-0.4, -0.2) is 0 Å². The van der Waals surface area contributed by atoms with Gasteiger partial charge in [-0.1, -0.05) is 104 Å². The van der Waals surface area contributed by atoms with Gasteiger partial charge in [-0.3, -0.25) is 0 Å². The highest BCUT2D eigenvalue weighted by Gasteiger charge is 2.69. The Hall–Kier alpha value is 0. The van der Waals surface area contributed by atoms with Crippen LogP contribution >= 0.6 is 0 Å². The lowest BCUT2D eigenvalue weighted by Gasteiger charge is -2.59. The van der Waals surface area contributed by atoms with Gasteiger partial charge in [0.1, 0.15) is 0 Å². The van der Waals surface area contributed by atoms with Gasteiger partial charge in [0, 0.05) is 0 Å². The Balaban J connectivity index is 1.34. The molecule has 12 unspecified atom stereocenters. The molecule has 0 radical (unpaired) electrons. The molecule has 0 aromatic carbocycles. The Labute approximate surface area is 288 Å². The van der Waals surface area contributed by atoms with Crippen molar-refractivity contribution in [2.24, 2.45) is 115 Å². The molecule has 0 heterocycles. The lowest BCUT2D eigenvalue weighted by molar-refractivity contribution is -0.0969. The van der Waals surface area contributed by atoms with Crippen molar-refractivity contribution in [1.29, 1.82) is 0 Å². The molecule has 0 N–H and O–H groups in total. The minimum absolute atomic E-state index is 0.422. The van der Waals surface area contributed by atoms with E-state index in [9.17, 15) is 0 Å². The fourth-order valence-electron chi connectivity index (χ4n) is 16.2. The molecule has 0 aromatic heterocycles. The van der Waals surface area contributed by atoms with Crippen LogP contribution in [-0.2, 0) is 0 Å². The van der Waals surface area contributed by atoms with E-state index in [1.807, 2.05) is 0 Å². The second-order valence-corrected chi connectivity index (χ2v) is 25.0. The first-order valence-corrected chi connectivity index (χ1v) is 20.9. The Morgan fingerprint density at radius 1 is 0.391 bits per heavy atom. The van der Waals surface area contributed by atoms with Gasteiger partial charge < -0.3 is 0 Å². The van der Waals surface area contributed by atoms with Crippen molar-refractivity contribution in [3.8, 4) is 0 Å². The maximum absolute atomic E-state index is 2.95. The third-order valence-electron chi connectivity index (χ3n) is 19.2. The van der Waals surface area contributed by atoms with Crippen LogP contribution in [0.25, 0.3) is 0 Å². The van der Waals surface area contributed by atoms with E-state index in [-0.39, 0.29) is 0 Å². The zero-order valence-electron chi connectivity index (χ0n) is 33.8. The minimum Gasteiger partial charge on any atom is -0.0599 e. The van der Waals surface area contributed by atoms with Crippen molar-refractivity contribution in [2.45, 2.75) is 174 Å². The average molecular weight is 633 g/mol. The second kappa shape index (κ2) is 10.3. The van der Waals surface area contributed by atoms with Gasteiger partial charge in [0.05, 0.1) is 0 Å². The predicted octanol–water partition coefficient (Wildman–Crippen LogP) is 13.6. The van der Waals surface area contributed by atoms with Crippen LogP contribution < -0.4 is 0 Å². The summed E-state index contributed by atoms with van der Waals surface area (Å²) in [7, 11) is 0. The Kier molecular flexibility index (Phi) is 7.71. The van der Waals surface area contributed by atoms with Crippen LogP contribution in [0.3, 0.4) is 0 Å². The quantitative estimate of drug-likeness (QED) is 0.270. The third-order valence-corrected chi connectivity index (χ3v) is 19.2. The Morgan fingerprint density at radius 3 is 1.11 bits per heavy atom. The van der Waals surface area contributed by atoms with E-state index in [0.717, 1.165) is 76.9 Å². The fraction of sp³-hybridized carbons (Fsp3) is 1.00. The average Bonchev–Trinajstić information content (AvgIpc) is 3.58. The summed E-state index contributed by atoms with van der Waals surface area (Å²) in [6.07, 6.45) is 16.7. The Morgan fingerprint density at radius 2 is 0.761 bits per heavy atom. The molecule has 46 heavy (non-hydrogen) atoms. The lowest BCUT2D eigenvalue weighted by atomic mass is 9.46. The molecular weight excluding hydrogens is 553 g/mol. The normalized spacial score (nSPS) is 51.8. The van der Waals surface area contributed by atoms with Gasteiger partial charge >= 0.3 is 0 Å². The van der Waals surface area contributed by atoms with Gasteiger partial charge in [-0.05, 0) is 185 Å². The molecule has 0 aromatic rings. The second-order valence-electron chi connectivity index (χ2n) is 25.0. The molecule has 0 heteroatoms. The Bertz CT molecular complexity index is 1110. The lowest BCUT2D eigenvalue weighted by Crippen LogP contribution is -2.51. The van der Waals surface area contributed by atoms with Crippen molar-refractivity contribution >= 4 is 0 Å². The topological polar surface area (TPSA) is 0 Å². The minimum atomic E-state index is 0.422. The van der Waals surface area contributed by atoms with Gasteiger partial charge in [-0.15, -0.1) is 0 Å². The maximum atomic E-state index is 2.95. The highest BCUT2D eigenvalue weighted by molar-refractivity contribution is 5.18. The first kappa shape index (κ1) is 34.4. The molecule has 7 saturated carbocycles. The number of rotatable bonds is 1. The molecule has 0 nitrogen and oxygen atoms in total. The van der Waals surface area contributed by atoms with Crippen molar-refractivity contribution in [1.82, 2.24) is 0 Å². The molecule has 0 aliphatic heterocycles. The predicted molar refractivity (Wildman–Crippen MR) is 198 cm³/mol. The van der Waals surface area contributed by atoms with Crippen LogP contribution in [0.5, 0.6) is 0 Å². The molecule has 0 bridgehead atoms. The zero-order chi connectivity index (χ0) is 33.8. The first-order valence-electron chi connectivity index (χ1n) is 20.9. The summed E-state index contributed by atoms with van der Waals surface area (Å²) in [6, 6.07) is 0. The van der Waals surface area contributed by atoms with E-state index in [2.05, 4.69) is 104 Å².